The fourth-order valence-corrected chi connectivity index (χ4v) is 2.31. The van der Waals surface area contributed by atoms with Gasteiger partial charge in [-0.25, -0.2) is 4.98 Å². The number of nitrogens with zero attached hydrogens (tertiary/aromatic N) is 2. The van der Waals surface area contributed by atoms with E-state index in [0.29, 0.717) is 13.8 Å². The van der Waals surface area contributed by atoms with E-state index in [0.717, 1.165) is 12.3 Å². The molecule has 0 spiro atoms. The number of hydrogen-bond donors (Lipinski definition) is 0. The summed E-state index contributed by atoms with van der Waals surface area (Å²) >= 11 is 4.95. The van der Waals surface area contributed by atoms with Crippen molar-refractivity contribution < 1.29 is 13.2 Å². The van der Waals surface area contributed by atoms with Crippen LogP contribution in [0.2, 0.25) is 0 Å². The van der Waals surface area contributed by atoms with Crippen molar-refractivity contribution in [3.05, 3.63) is 32.2 Å². The molecule has 0 amide bonds. The molecular weight excluding hydrogens is 388 g/mol. The monoisotopic (exact) mass is 390 g/mol. The Morgan fingerprint density at radius 2 is 2.00 bits per heavy atom. The maximum Gasteiger partial charge on any atom is 0.417 e. The van der Waals surface area contributed by atoms with Crippen molar-refractivity contribution in [1.29, 1.82) is 0 Å². The van der Waals surface area contributed by atoms with Gasteiger partial charge in [0.05, 0.1) is 9.13 Å². The van der Waals surface area contributed by atoms with Crippen LogP contribution in [0.4, 0.5) is 13.2 Å². The average molecular weight is 391 g/mol. The largest absolute Gasteiger partial charge is 0.417 e. The minimum Gasteiger partial charge on any atom is -0.304 e. The number of halogens is 5. The third-order valence-corrected chi connectivity index (χ3v) is 2.98. The molecule has 80 valence electrons. The first-order valence-electron chi connectivity index (χ1n) is 3.79. The van der Waals surface area contributed by atoms with Gasteiger partial charge in [-0.15, -0.1) is 0 Å². The summed E-state index contributed by atoms with van der Waals surface area (Å²) in [6.07, 6.45) is -1.81. The molecule has 0 aliphatic heterocycles. The van der Waals surface area contributed by atoms with Crippen LogP contribution in [-0.2, 0) is 6.18 Å². The highest BCUT2D eigenvalue weighted by atomic mass is 127. The standard InChI is InChI=1S/C8H3BrF3IN2/c9-6-3-15-2-4(8(10,11)12)1-5(13)7(15)14-6/h1-3H. The zero-order valence-corrected chi connectivity index (χ0v) is 10.8. The molecule has 0 N–H and O–H groups in total. The van der Waals surface area contributed by atoms with Crippen molar-refractivity contribution in [2.75, 3.05) is 0 Å². The highest BCUT2D eigenvalue weighted by molar-refractivity contribution is 14.1. The molecule has 0 atom stereocenters. The number of pyridine rings is 1. The second kappa shape index (κ2) is 3.62. The summed E-state index contributed by atoms with van der Waals surface area (Å²) in [7, 11) is 0. The van der Waals surface area contributed by atoms with Crippen LogP contribution in [0.3, 0.4) is 0 Å². The van der Waals surface area contributed by atoms with Crippen molar-refractivity contribution in [1.82, 2.24) is 9.38 Å². The molecule has 0 aliphatic rings. The minimum atomic E-state index is -4.33. The first kappa shape index (κ1) is 11.2. The van der Waals surface area contributed by atoms with Crippen molar-refractivity contribution in [2.45, 2.75) is 6.18 Å². The number of aromatic nitrogens is 2. The smallest absolute Gasteiger partial charge is 0.304 e. The lowest BCUT2D eigenvalue weighted by molar-refractivity contribution is -0.137. The van der Waals surface area contributed by atoms with Gasteiger partial charge >= 0.3 is 6.18 Å². The molecule has 0 radical (unpaired) electrons. The van der Waals surface area contributed by atoms with Crippen LogP contribution in [-0.4, -0.2) is 9.38 Å². The van der Waals surface area contributed by atoms with Crippen LogP contribution in [0, 0.1) is 3.57 Å². The van der Waals surface area contributed by atoms with E-state index in [1.54, 1.807) is 0 Å². The lowest BCUT2D eigenvalue weighted by atomic mass is 10.3. The molecule has 2 aromatic rings. The number of fused-ring (bicyclic) bond motifs is 1. The summed E-state index contributed by atoms with van der Waals surface area (Å²) in [4.78, 5) is 4.04. The number of rotatable bonds is 0. The van der Waals surface area contributed by atoms with E-state index >= 15 is 0 Å². The second-order valence-corrected chi connectivity index (χ2v) is 4.84. The van der Waals surface area contributed by atoms with E-state index in [1.165, 1.54) is 10.6 Å². The molecule has 0 unspecified atom stereocenters. The predicted octanol–water partition coefficient (Wildman–Crippen LogP) is 3.72. The van der Waals surface area contributed by atoms with Gasteiger partial charge in [0.1, 0.15) is 4.60 Å². The summed E-state index contributed by atoms with van der Waals surface area (Å²) in [5.41, 5.74) is -0.167. The molecule has 0 saturated carbocycles. The Morgan fingerprint density at radius 3 is 2.60 bits per heavy atom. The Labute approximate surface area is 105 Å². The van der Waals surface area contributed by atoms with Gasteiger partial charge in [0, 0.05) is 12.4 Å². The van der Waals surface area contributed by atoms with Crippen LogP contribution < -0.4 is 0 Å². The van der Waals surface area contributed by atoms with Crippen molar-refractivity contribution in [2.24, 2.45) is 0 Å². The van der Waals surface area contributed by atoms with Crippen LogP contribution in [0.5, 0.6) is 0 Å². The number of hydrogen-bond acceptors (Lipinski definition) is 1. The van der Waals surface area contributed by atoms with Crippen LogP contribution in [0.25, 0.3) is 5.65 Å². The Kier molecular flexibility index (Phi) is 2.70. The van der Waals surface area contributed by atoms with Gasteiger partial charge < -0.3 is 4.40 Å². The van der Waals surface area contributed by atoms with E-state index in [2.05, 4.69) is 20.9 Å². The zero-order valence-electron chi connectivity index (χ0n) is 7.02. The maximum atomic E-state index is 12.5. The molecule has 0 saturated heterocycles. The SMILES string of the molecule is FC(F)(F)c1cc(I)c2nc(Br)cn2c1. The second-order valence-electron chi connectivity index (χ2n) is 2.87. The lowest BCUT2D eigenvalue weighted by Crippen LogP contribution is -2.07. The van der Waals surface area contributed by atoms with Gasteiger partial charge in [-0.05, 0) is 44.6 Å². The molecule has 0 aliphatic carbocycles. The van der Waals surface area contributed by atoms with Crippen LogP contribution >= 0.6 is 38.5 Å². The van der Waals surface area contributed by atoms with E-state index in [9.17, 15) is 13.2 Å². The Balaban J connectivity index is 2.72. The first-order chi connectivity index (χ1) is 6.88. The van der Waals surface area contributed by atoms with Gasteiger partial charge in [-0.2, -0.15) is 13.2 Å². The average Bonchev–Trinajstić information content (AvgIpc) is 2.44. The van der Waals surface area contributed by atoms with Crippen molar-refractivity contribution >= 4 is 44.2 Å². The van der Waals surface area contributed by atoms with Gasteiger partial charge in [0.25, 0.3) is 0 Å². The summed E-state index contributed by atoms with van der Waals surface area (Å²) < 4.78 is 39.7. The van der Waals surface area contributed by atoms with Gasteiger partial charge in [0.15, 0.2) is 5.65 Å². The Hall–Kier alpha value is -0.310. The molecule has 0 aromatic carbocycles. The third kappa shape index (κ3) is 2.12. The van der Waals surface area contributed by atoms with Crippen molar-refractivity contribution in [3.63, 3.8) is 0 Å². The summed E-state index contributed by atoms with van der Waals surface area (Å²) in [6.45, 7) is 0. The Bertz CT molecular complexity index is 520. The molecule has 7 heteroatoms. The molecule has 2 nitrogen and oxygen atoms in total. The Morgan fingerprint density at radius 1 is 1.33 bits per heavy atom. The molecule has 2 aromatic heterocycles. The fraction of sp³-hybridized carbons (Fsp3) is 0.125. The normalized spacial score (nSPS) is 12.3. The molecule has 15 heavy (non-hydrogen) atoms. The molecule has 2 rings (SSSR count). The maximum absolute atomic E-state index is 12.5. The molecule has 2 heterocycles. The van der Waals surface area contributed by atoms with Gasteiger partial charge in [0.2, 0.25) is 0 Å². The van der Waals surface area contributed by atoms with E-state index in [-0.39, 0.29) is 0 Å². The van der Waals surface area contributed by atoms with Crippen molar-refractivity contribution in [3.8, 4) is 0 Å². The van der Waals surface area contributed by atoms with E-state index < -0.39 is 11.7 Å². The van der Waals surface area contributed by atoms with E-state index in [4.69, 9.17) is 0 Å². The quantitative estimate of drug-likeness (QED) is 0.627. The minimum absolute atomic E-state index is 0.466. The highest BCUT2D eigenvalue weighted by Gasteiger charge is 2.31. The fourth-order valence-electron chi connectivity index (χ4n) is 1.18. The number of alkyl halides is 3. The van der Waals surface area contributed by atoms with Crippen LogP contribution in [0.1, 0.15) is 5.56 Å². The van der Waals surface area contributed by atoms with Gasteiger partial charge in [-0.1, -0.05) is 0 Å². The van der Waals surface area contributed by atoms with E-state index in [1.807, 2.05) is 22.6 Å². The molecule has 0 bridgehead atoms. The number of imidazole rings is 1. The van der Waals surface area contributed by atoms with Gasteiger partial charge in [-0.3, -0.25) is 0 Å². The molecular formula is C8H3BrF3IN2. The topological polar surface area (TPSA) is 17.3 Å². The zero-order chi connectivity index (χ0) is 11.2. The lowest BCUT2D eigenvalue weighted by Gasteiger charge is -2.07. The summed E-state index contributed by atoms with van der Waals surface area (Å²) in [6, 6.07) is 1.08. The summed E-state index contributed by atoms with van der Waals surface area (Å²) in [5.74, 6) is 0. The molecule has 0 fully saturated rings. The third-order valence-electron chi connectivity index (χ3n) is 1.80. The predicted molar refractivity (Wildman–Crippen MR) is 60.6 cm³/mol. The first-order valence-corrected chi connectivity index (χ1v) is 5.66. The summed E-state index contributed by atoms with van der Waals surface area (Å²) in [5, 5.41) is 0. The highest BCUT2D eigenvalue weighted by Crippen LogP contribution is 2.31. The van der Waals surface area contributed by atoms with Crippen LogP contribution in [0.15, 0.2) is 23.1 Å².